The minimum Gasteiger partial charge on any atom is -0.374 e. The number of nitrogens with two attached hydrogens (primary N) is 1. The largest absolute Gasteiger partial charge is 0.412 e. The molecule has 0 aliphatic heterocycles. The number of hydrogen-bond acceptors (Lipinski definition) is 5. The van der Waals surface area contributed by atoms with Gasteiger partial charge in [-0.3, -0.25) is 0 Å². The Kier molecular flexibility index (Phi) is 4.31. The highest BCUT2D eigenvalue weighted by Gasteiger charge is 2.52. The quantitative estimate of drug-likeness (QED) is 0.652. The molecule has 1 amide bonds. The molecule has 0 atom stereocenters. The zero-order valence-corrected chi connectivity index (χ0v) is 17.6. The maximum Gasteiger partial charge on any atom is 0.412 e. The molecule has 0 spiro atoms. The van der Waals surface area contributed by atoms with Crippen molar-refractivity contribution in [3.8, 4) is 28.7 Å². The van der Waals surface area contributed by atoms with Gasteiger partial charge in [0.2, 0.25) is 0 Å². The Labute approximate surface area is 184 Å². The molecule has 4 fully saturated rings. The highest BCUT2D eigenvalue weighted by atomic mass is 19.1. The second-order valence-electron chi connectivity index (χ2n) is 9.61. The van der Waals surface area contributed by atoms with Gasteiger partial charge in [-0.25, -0.2) is 19.2 Å². The average molecular weight is 433 g/mol. The van der Waals surface area contributed by atoms with Gasteiger partial charge in [-0.1, -0.05) is 0 Å². The van der Waals surface area contributed by atoms with Crippen LogP contribution in [0.5, 0.6) is 6.01 Å². The van der Waals surface area contributed by atoms with Crippen molar-refractivity contribution in [3.05, 3.63) is 48.7 Å². The zero-order chi connectivity index (χ0) is 21.9. The number of carbonyl (C=O) groups excluding carboxylic acids is 1. The standard InChI is InChI=1S/C24H24FN5O2/c25-18-3-1-17(2-4-18)20-21(19-5-6-27-23(29-19)32-22(26)31)30(13-28-20)24-10-14-7-15(11-24)9-16(8-14)12-24/h1-6,13-16H,7-12H2,(H2,26,31). The summed E-state index contributed by atoms with van der Waals surface area (Å²) in [6, 6.07) is 8.02. The number of primary amides is 1. The van der Waals surface area contributed by atoms with Crippen molar-refractivity contribution in [2.24, 2.45) is 23.5 Å². The fourth-order valence-electron chi connectivity index (χ4n) is 6.74. The molecule has 0 radical (unpaired) electrons. The lowest BCUT2D eigenvalue weighted by Crippen LogP contribution is -2.51. The smallest absolute Gasteiger partial charge is 0.374 e. The molecule has 7 nitrogen and oxygen atoms in total. The normalized spacial score (nSPS) is 28.1. The van der Waals surface area contributed by atoms with E-state index < -0.39 is 6.09 Å². The van der Waals surface area contributed by atoms with Crippen molar-refractivity contribution in [1.82, 2.24) is 19.5 Å². The lowest BCUT2D eigenvalue weighted by Gasteiger charge is -2.57. The predicted molar refractivity (Wildman–Crippen MR) is 115 cm³/mol. The van der Waals surface area contributed by atoms with E-state index in [0.29, 0.717) is 5.69 Å². The van der Waals surface area contributed by atoms with Crippen LogP contribution in [0.2, 0.25) is 0 Å². The summed E-state index contributed by atoms with van der Waals surface area (Å²) in [5.41, 5.74) is 8.15. The molecule has 32 heavy (non-hydrogen) atoms. The summed E-state index contributed by atoms with van der Waals surface area (Å²) >= 11 is 0. The molecule has 8 heteroatoms. The highest BCUT2D eigenvalue weighted by molar-refractivity contribution is 5.77. The van der Waals surface area contributed by atoms with Crippen LogP contribution in [0, 0.1) is 23.6 Å². The Morgan fingerprint density at radius 2 is 1.69 bits per heavy atom. The number of halogens is 1. The Morgan fingerprint density at radius 3 is 2.31 bits per heavy atom. The van der Waals surface area contributed by atoms with Crippen LogP contribution >= 0.6 is 0 Å². The summed E-state index contributed by atoms with van der Waals surface area (Å²) < 4.78 is 20.8. The van der Waals surface area contributed by atoms with E-state index in [-0.39, 0.29) is 17.4 Å². The van der Waals surface area contributed by atoms with Crippen LogP contribution in [0.25, 0.3) is 22.6 Å². The summed E-state index contributed by atoms with van der Waals surface area (Å²) in [6.45, 7) is 0. The first-order chi connectivity index (χ1) is 15.5. The van der Waals surface area contributed by atoms with Crippen LogP contribution in [-0.4, -0.2) is 25.6 Å². The molecule has 7 rings (SSSR count). The van der Waals surface area contributed by atoms with E-state index in [1.165, 1.54) is 31.4 Å². The van der Waals surface area contributed by atoms with Crippen molar-refractivity contribution in [2.75, 3.05) is 0 Å². The number of nitrogens with zero attached hydrogens (tertiary/aromatic N) is 4. The molecular weight excluding hydrogens is 409 g/mol. The molecule has 2 N–H and O–H groups in total. The topological polar surface area (TPSA) is 95.9 Å². The van der Waals surface area contributed by atoms with Crippen LogP contribution in [-0.2, 0) is 5.54 Å². The molecule has 0 saturated heterocycles. The molecule has 4 aliphatic rings. The zero-order valence-electron chi connectivity index (χ0n) is 17.6. The van der Waals surface area contributed by atoms with Crippen LogP contribution < -0.4 is 10.5 Å². The molecule has 0 unspecified atom stereocenters. The SMILES string of the molecule is NC(=O)Oc1nccc(-c2c(-c3ccc(F)cc3)ncn2C23CC4CC(CC(C4)C2)C3)n1. The maximum atomic E-state index is 13.6. The monoisotopic (exact) mass is 433 g/mol. The van der Waals surface area contributed by atoms with E-state index >= 15 is 0 Å². The van der Waals surface area contributed by atoms with Gasteiger partial charge in [0.1, 0.15) is 5.82 Å². The Hall–Kier alpha value is -3.29. The summed E-state index contributed by atoms with van der Waals surface area (Å²) in [5, 5.41) is 0. The van der Waals surface area contributed by atoms with Crippen molar-refractivity contribution in [2.45, 2.75) is 44.1 Å². The molecular formula is C24H24FN5O2. The predicted octanol–water partition coefficient (Wildman–Crippen LogP) is 4.53. The minimum absolute atomic E-state index is 0.00498. The van der Waals surface area contributed by atoms with Gasteiger partial charge in [0.05, 0.1) is 23.4 Å². The molecule has 4 saturated carbocycles. The van der Waals surface area contributed by atoms with E-state index in [1.54, 1.807) is 24.4 Å². The fraction of sp³-hybridized carbons (Fsp3) is 0.417. The number of hydrogen-bond donors (Lipinski definition) is 1. The van der Waals surface area contributed by atoms with Crippen LogP contribution in [0.1, 0.15) is 38.5 Å². The molecule has 3 aromatic rings. The van der Waals surface area contributed by atoms with E-state index in [0.717, 1.165) is 54.0 Å². The van der Waals surface area contributed by atoms with Crippen molar-refractivity contribution in [3.63, 3.8) is 0 Å². The fourth-order valence-corrected chi connectivity index (χ4v) is 6.74. The van der Waals surface area contributed by atoms with Gasteiger partial charge in [-0.2, -0.15) is 4.98 Å². The Balaban J connectivity index is 1.52. The number of rotatable bonds is 4. The average Bonchev–Trinajstić information content (AvgIpc) is 3.19. The third-order valence-corrected chi connectivity index (χ3v) is 7.47. The minimum atomic E-state index is -0.963. The van der Waals surface area contributed by atoms with Crippen LogP contribution in [0.15, 0.2) is 42.9 Å². The molecule has 1 aromatic carbocycles. The maximum absolute atomic E-state index is 13.6. The molecule has 4 aliphatic carbocycles. The highest BCUT2D eigenvalue weighted by Crippen LogP contribution is 2.59. The summed E-state index contributed by atoms with van der Waals surface area (Å²) in [6.07, 6.45) is 9.91. The summed E-state index contributed by atoms with van der Waals surface area (Å²) in [4.78, 5) is 24.5. The van der Waals surface area contributed by atoms with Crippen molar-refractivity contribution < 1.29 is 13.9 Å². The number of amides is 1. The number of benzene rings is 1. The van der Waals surface area contributed by atoms with E-state index in [2.05, 4.69) is 14.5 Å². The van der Waals surface area contributed by atoms with Gasteiger partial charge >= 0.3 is 12.1 Å². The third-order valence-electron chi connectivity index (χ3n) is 7.47. The van der Waals surface area contributed by atoms with Gasteiger partial charge in [0.15, 0.2) is 0 Å². The van der Waals surface area contributed by atoms with E-state index in [4.69, 9.17) is 15.5 Å². The number of ether oxygens (including phenoxy) is 1. The number of aromatic nitrogens is 4. The van der Waals surface area contributed by atoms with Gasteiger partial charge in [0.25, 0.3) is 0 Å². The van der Waals surface area contributed by atoms with Crippen molar-refractivity contribution in [1.29, 1.82) is 0 Å². The second-order valence-corrected chi connectivity index (χ2v) is 9.61. The molecule has 4 bridgehead atoms. The van der Waals surface area contributed by atoms with Gasteiger partial charge < -0.3 is 15.0 Å². The molecule has 164 valence electrons. The lowest BCUT2D eigenvalue weighted by molar-refractivity contribution is -0.0423. The van der Waals surface area contributed by atoms with Gasteiger partial charge in [-0.15, -0.1) is 0 Å². The van der Waals surface area contributed by atoms with Crippen LogP contribution in [0.3, 0.4) is 0 Å². The lowest BCUT2D eigenvalue weighted by atomic mass is 9.53. The number of carbonyl (C=O) groups is 1. The first-order valence-electron chi connectivity index (χ1n) is 11.1. The number of imidazole rings is 1. The molecule has 2 aromatic heterocycles. The van der Waals surface area contributed by atoms with Crippen molar-refractivity contribution >= 4 is 6.09 Å². The molecule has 2 heterocycles. The second kappa shape index (κ2) is 7.12. The Bertz CT molecular complexity index is 1150. The van der Waals surface area contributed by atoms with Crippen LogP contribution in [0.4, 0.5) is 9.18 Å². The first-order valence-corrected chi connectivity index (χ1v) is 11.1. The Morgan fingerprint density at radius 1 is 1.03 bits per heavy atom. The summed E-state index contributed by atoms with van der Waals surface area (Å²) in [7, 11) is 0. The van der Waals surface area contributed by atoms with E-state index in [9.17, 15) is 9.18 Å². The first kappa shape index (κ1) is 19.4. The third kappa shape index (κ3) is 3.16. The van der Waals surface area contributed by atoms with Gasteiger partial charge in [-0.05, 0) is 86.6 Å². The van der Waals surface area contributed by atoms with Gasteiger partial charge in [0, 0.05) is 17.3 Å². The summed E-state index contributed by atoms with van der Waals surface area (Å²) in [5.74, 6) is 1.97. The van der Waals surface area contributed by atoms with E-state index in [1.807, 2.05) is 6.33 Å².